The highest BCUT2D eigenvalue weighted by atomic mass is 127. The molecule has 1 atom stereocenters. The third-order valence-electron chi connectivity index (χ3n) is 5.34. The fourth-order valence-corrected chi connectivity index (χ4v) is 3.46. The van der Waals surface area contributed by atoms with Gasteiger partial charge in [0.25, 0.3) is 0 Å². The summed E-state index contributed by atoms with van der Waals surface area (Å²) in [5.74, 6) is 0.679. The number of nitrogens with zero attached hydrogens (tertiary/aromatic N) is 3. The number of aryl methyl sites for hydroxylation is 3. The molecule has 3 rings (SSSR count). The maximum absolute atomic E-state index is 13.0. The summed E-state index contributed by atoms with van der Waals surface area (Å²) in [5.41, 5.74) is 3.50. The number of halogens is 4. The number of fused-ring (bicyclic) bond motifs is 1. The number of rotatable bonds is 5. The molecule has 0 radical (unpaired) electrons. The van der Waals surface area contributed by atoms with Crippen LogP contribution in [-0.4, -0.2) is 20.9 Å². The Balaban J connectivity index is 0.00000129. The van der Waals surface area contributed by atoms with E-state index in [2.05, 4.69) is 31.8 Å². The first-order chi connectivity index (χ1) is 15.6. The lowest BCUT2D eigenvalue weighted by Crippen LogP contribution is -2.22. The van der Waals surface area contributed by atoms with Gasteiger partial charge in [0.15, 0.2) is 0 Å². The van der Waals surface area contributed by atoms with Gasteiger partial charge in [0.1, 0.15) is 5.82 Å². The molecule has 2 aromatic rings. The molecule has 2 aromatic heterocycles. The van der Waals surface area contributed by atoms with E-state index in [1.165, 1.54) is 0 Å². The fraction of sp³-hybridized carbons (Fsp3) is 0.500. The van der Waals surface area contributed by atoms with Gasteiger partial charge in [0, 0.05) is 18.3 Å². The van der Waals surface area contributed by atoms with Gasteiger partial charge in [0.2, 0.25) is 0 Å². The van der Waals surface area contributed by atoms with Crippen LogP contribution in [-0.2, 0) is 6.54 Å². The molecule has 0 spiro atoms. The molecule has 1 N–H and O–H groups in total. The predicted octanol–water partition coefficient (Wildman–Crippen LogP) is 8.29. The van der Waals surface area contributed by atoms with Crippen molar-refractivity contribution in [3.05, 3.63) is 59.1 Å². The molecule has 0 saturated carbocycles. The number of aromatic nitrogens is 3. The Morgan fingerprint density at radius 2 is 1.88 bits per heavy atom. The Kier molecular flexibility index (Phi) is 12.0. The molecule has 0 aliphatic carbocycles. The second kappa shape index (κ2) is 13.4. The molecule has 1 unspecified atom stereocenters. The number of anilines is 1. The van der Waals surface area contributed by atoms with Crippen LogP contribution in [0, 0.1) is 19.8 Å². The largest absolute Gasteiger partial charge is 0.415 e. The first-order valence-corrected chi connectivity index (χ1v) is 14.2. The van der Waals surface area contributed by atoms with Crippen LogP contribution in [0.25, 0.3) is 5.57 Å². The van der Waals surface area contributed by atoms with Crippen molar-refractivity contribution in [2.24, 2.45) is 5.92 Å². The molecular formula is C24H34F3IN4S. The number of hydrogen-bond donors (Lipinski definition) is 2. The second-order valence-electron chi connectivity index (χ2n) is 7.95. The maximum atomic E-state index is 13.0. The normalized spacial score (nSPS) is 15.6. The smallest absolute Gasteiger partial charge is 0.362 e. The lowest BCUT2D eigenvalue weighted by Gasteiger charge is -2.25. The lowest BCUT2D eigenvalue weighted by atomic mass is 9.96. The lowest BCUT2D eigenvalue weighted by molar-refractivity contribution is -0.0877. The van der Waals surface area contributed by atoms with Gasteiger partial charge in [-0.15, -0.1) is 9.80 Å². The molecule has 3 heterocycles. The van der Waals surface area contributed by atoms with Gasteiger partial charge in [-0.3, -0.25) is 4.68 Å². The predicted molar refractivity (Wildman–Crippen MR) is 144 cm³/mol. The molecule has 0 amide bonds. The van der Waals surface area contributed by atoms with Gasteiger partial charge >= 0.3 is 6.18 Å². The van der Waals surface area contributed by atoms with Crippen LogP contribution in [0.1, 0.15) is 69.1 Å². The first kappa shape index (κ1) is 29.5. The fourth-order valence-electron chi connectivity index (χ4n) is 3.46. The minimum atomic E-state index is -4.45. The third kappa shape index (κ3) is 8.05. The van der Waals surface area contributed by atoms with Crippen molar-refractivity contribution < 1.29 is 13.2 Å². The van der Waals surface area contributed by atoms with Gasteiger partial charge in [-0.25, -0.2) is 4.98 Å². The molecule has 0 fully saturated rings. The molecule has 33 heavy (non-hydrogen) atoms. The van der Waals surface area contributed by atoms with Crippen LogP contribution < -0.4 is 5.32 Å². The van der Waals surface area contributed by atoms with Gasteiger partial charge in [-0.1, -0.05) is 34.3 Å². The van der Waals surface area contributed by atoms with Crippen LogP contribution in [0.2, 0.25) is 0 Å². The summed E-state index contributed by atoms with van der Waals surface area (Å²) in [7, 11) is 3.50. The third-order valence-corrected chi connectivity index (χ3v) is 5.34. The average Bonchev–Trinajstić information content (AvgIpc) is 3.21. The summed E-state index contributed by atoms with van der Waals surface area (Å²) >= 11 is 1.84. The summed E-state index contributed by atoms with van der Waals surface area (Å²) < 4.78 is 40.9. The van der Waals surface area contributed by atoms with Crippen molar-refractivity contribution in [2.45, 2.75) is 73.1 Å². The minimum absolute atomic E-state index is 0.0128. The Hall–Kier alpha value is -1.49. The highest BCUT2D eigenvalue weighted by molar-refractivity contribution is 14.2. The topological polar surface area (TPSA) is 42.7 Å². The van der Waals surface area contributed by atoms with Crippen molar-refractivity contribution in [3.63, 3.8) is 0 Å². The number of allylic oxidation sites excluding steroid dienone is 3. The first-order valence-electron chi connectivity index (χ1n) is 11.0. The molecule has 4 nitrogen and oxygen atoms in total. The van der Waals surface area contributed by atoms with E-state index >= 15 is 0 Å². The van der Waals surface area contributed by atoms with Crippen LogP contribution in [0.15, 0.2) is 36.6 Å². The quantitative estimate of drug-likeness (QED) is 0.208. The Labute approximate surface area is 213 Å². The van der Waals surface area contributed by atoms with Gasteiger partial charge in [0.05, 0.1) is 17.4 Å². The molecule has 1 aliphatic rings. The van der Waals surface area contributed by atoms with E-state index in [0.29, 0.717) is 11.3 Å². The number of pyridine rings is 1. The average molecular weight is 595 g/mol. The second-order valence-corrected chi connectivity index (χ2v) is 7.95. The zero-order valence-corrected chi connectivity index (χ0v) is 23.1. The highest BCUT2D eigenvalue weighted by Crippen LogP contribution is 2.34. The maximum Gasteiger partial charge on any atom is 0.415 e. The summed E-state index contributed by atoms with van der Waals surface area (Å²) in [5, 5.41) is 8.07. The van der Waals surface area contributed by atoms with E-state index in [0.717, 1.165) is 48.1 Å². The number of alkyl halides is 3. The molecule has 9 heteroatoms. The summed E-state index contributed by atoms with van der Waals surface area (Å²) in [6, 6.07) is 3.92. The molecule has 184 valence electrons. The van der Waals surface area contributed by atoms with Gasteiger partial charge in [-0.2, -0.15) is 18.3 Å². The summed E-state index contributed by atoms with van der Waals surface area (Å²) in [6.07, 6.45) is 0.360. The zero-order chi connectivity index (χ0) is 25.3. The van der Waals surface area contributed by atoms with Crippen molar-refractivity contribution in [3.8, 4) is 0 Å². The SMILES string of the molecule is C=C(/C=C(/c1cc2n(n1)CCCC2Nc1cc(C)c(C)cn1)C(C)C)C(F)(F)F.CC.SI. The molecule has 0 saturated heterocycles. The van der Waals surface area contributed by atoms with Gasteiger partial charge in [-0.05, 0) is 88.7 Å². The summed E-state index contributed by atoms with van der Waals surface area (Å²) in [6.45, 7) is 15.7. The van der Waals surface area contributed by atoms with Gasteiger partial charge < -0.3 is 5.32 Å². The Bertz CT molecular complexity index is 952. The number of thiol groups is 1. The molecule has 0 aromatic carbocycles. The van der Waals surface area contributed by atoms with E-state index in [-0.39, 0.29) is 12.0 Å². The summed E-state index contributed by atoms with van der Waals surface area (Å²) in [4.78, 5) is 4.45. The van der Waals surface area contributed by atoms with Crippen LogP contribution in [0.3, 0.4) is 0 Å². The van der Waals surface area contributed by atoms with Crippen molar-refractivity contribution >= 4 is 42.4 Å². The Morgan fingerprint density at radius 1 is 1.24 bits per heavy atom. The van der Waals surface area contributed by atoms with Crippen LogP contribution in [0.5, 0.6) is 0 Å². The minimum Gasteiger partial charge on any atom is -0.362 e. The zero-order valence-electron chi connectivity index (χ0n) is 20.1. The van der Waals surface area contributed by atoms with Crippen molar-refractivity contribution in [2.75, 3.05) is 5.32 Å². The number of nitrogens with one attached hydrogen (secondary N) is 1. The standard InChI is InChI=1S/C22H27F3N4.C2H6.HIS/c1-13(2)17(10-16(5)22(23,24)25)19-11-20-18(7-6-8-29(20)28-19)27-21-9-14(3)15(4)12-26-21;2*1-2/h9-13,18H,5-8H2,1-4H3,(H,26,27);1-2H3;2H/b17-10+;;. The molecular weight excluding hydrogens is 560 g/mol. The van der Waals surface area contributed by atoms with Crippen LogP contribution >= 0.6 is 31.0 Å². The number of hydrogen-bond acceptors (Lipinski definition) is 4. The van der Waals surface area contributed by atoms with E-state index < -0.39 is 11.7 Å². The highest BCUT2D eigenvalue weighted by Gasteiger charge is 2.31. The van der Waals surface area contributed by atoms with E-state index in [9.17, 15) is 13.2 Å². The Morgan fingerprint density at radius 3 is 2.42 bits per heavy atom. The van der Waals surface area contributed by atoms with E-state index in [1.54, 1.807) is 0 Å². The van der Waals surface area contributed by atoms with Crippen LogP contribution in [0.4, 0.5) is 19.0 Å². The monoisotopic (exact) mass is 594 g/mol. The van der Waals surface area contributed by atoms with E-state index in [4.69, 9.17) is 0 Å². The molecule has 1 aliphatic heterocycles. The van der Waals surface area contributed by atoms with Crippen molar-refractivity contribution in [1.82, 2.24) is 14.8 Å². The van der Waals surface area contributed by atoms with Crippen molar-refractivity contribution in [1.29, 1.82) is 0 Å². The molecule has 0 bridgehead atoms. The van der Waals surface area contributed by atoms with E-state index in [1.807, 2.05) is 85.8 Å².